The van der Waals surface area contributed by atoms with Crippen LogP contribution in [0.4, 0.5) is 5.82 Å². The Morgan fingerprint density at radius 3 is 2.39 bits per heavy atom. The molecule has 0 spiro atoms. The number of rotatable bonds is 10. The van der Waals surface area contributed by atoms with Gasteiger partial charge in [0.2, 0.25) is 5.75 Å². The van der Waals surface area contributed by atoms with Crippen LogP contribution in [0.15, 0.2) is 24.8 Å². The number of hydrogen-bond acceptors (Lipinski definition) is 12. The molecule has 3 aromatic rings. The quantitative estimate of drug-likeness (QED) is 0.385. The van der Waals surface area contributed by atoms with Crippen LogP contribution in [0.2, 0.25) is 0 Å². The summed E-state index contributed by atoms with van der Waals surface area (Å²) in [5.41, 5.74) is 1.93. The Hall–Kier alpha value is -4.13. The van der Waals surface area contributed by atoms with Crippen LogP contribution >= 0.6 is 0 Å². The van der Waals surface area contributed by atoms with Crippen molar-refractivity contribution in [2.45, 2.75) is 51.7 Å². The summed E-state index contributed by atoms with van der Waals surface area (Å²) in [6.07, 6.45) is 1.61. The van der Waals surface area contributed by atoms with E-state index in [1.165, 1.54) is 20.2 Å². The van der Waals surface area contributed by atoms with E-state index in [1.54, 1.807) is 32.2 Å². The summed E-state index contributed by atoms with van der Waals surface area (Å²) in [7, 11) is 4.68. The Morgan fingerprint density at radius 2 is 1.79 bits per heavy atom. The predicted octanol–water partition coefficient (Wildman–Crippen LogP) is 2.81. The number of ether oxygens (including phenoxy) is 6. The first kappa shape index (κ1) is 26.9. The molecule has 1 aliphatic rings. The van der Waals surface area contributed by atoms with E-state index in [0.717, 1.165) is 5.56 Å². The van der Waals surface area contributed by atoms with Crippen LogP contribution in [0.25, 0.3) is 11.2 Å². The van der Waals surface area contributed by atoms with Crippen LogP contribution in [0.1, 0.15) is 45.0 Å². The Bertz CT molecular complexity index is 1290. The minimum atomic E-state index is -0.621. The summed E-state index contributed by atoms with van der Waals surface area (Å²) in [5, 5.41) is 3.38. The van der Waals surface area contributed by atoms with Crippen LogP contribution in [-0.2, 0) is 23.8 Å². The average Bonchev–Trinajstić information content (AvgIpc) is 3.50. The third-order valence-corrected chi connectivity index (χ3v) is 6.16. The fraction of sp³-hybridized carbons (Fsp3) is 0.480. The standard InChI is InChI=1S/C25H31N5O8/c1-13(16-7-18(33-4)23(35-6)19(8-16)34-5)29-24-22-25(27-11-26-24)30(12-28-22)21-9-17(37-15(3)32)20(38-21)10-36-14(2)31/h7-8,11-13,17,20-21H,9-10H2,1-6H3,(H,26,27,29)/t13?,17-,20+,21+/m0/s1. The lowest BCUT2D eigenvalue weighted by Gasteiger charge is -2.19. The number of carbonyl (C=O) groups is 2. The highest BCUT2D eigenvalue weighted by molar-refractivity contribution is 5.83. The lowest BCUT2D eigenvalue weighted by atomic mass is 10.1. The Labute approximate surface area is 219 Å². The maximum absolute atomic E-state index is 11.6. The van der Waals surface area contributed by atoms with E-state index < -0.39 is 30.4 Å². The number of methoxy groups -OCH3 is 3. The molecular weight excluding hydrogens is 498 g/mol. The molecule has 0 bridgehead atoms. The fourth-order valence-corrected chi connectivity index (χ4v) is 4.37. The zero-order valence-electron chi connectivity index (χ0n) is 22.1. The summed E-state index contributed by atoms with van der Waals surface area (Å²) in [6, 6.07) is 3.51. The molecule has 1 N–H and O–H groups in total. The number of fused-ring (bicyclic) bond motifs is 1. The lowest BCUT2D eigenvalue weighted by Crippen LogP contribution is -2.31. The van der Waals surface area contributed by atoms with E-state index in [4.69, 9.17) is 28.4 Å². The average molecular weight is 530 g/mol. The van der Waals surface area contributed by atoms with Gasteiger partial charge in [0, 0.05) is 20.3 Å². The van der Waals surface area contributed by atoms with Crippen molar-refractivity contribution in [3.63, 3.8) is 0 Å². The smallest absolute Gasteiger partial charge is 0.303 e. The molecule has 0 aliphatic carbocycles. The van der Waals surface area contributed by atoms with Crippen molar-refractivity contribution >= 4 is 28.9 Å². The first-order valence-corrected chi connectivity index (χ1v) is 12.0. The zero-order chi connectivity index (χ0) is 27.4. The van der Waals surface area contributed by atoms with Gasteiger partial charge in [-0.3, -0.25) is 14.2 Å². The van der Waals surface area contributed by atoms with E-state index in [1.807, 2.05) is 19.1 Å². The van der Waals surface area contributed by atoms with Crippen molar-refractivity contribution in [2.75, 3.05) is 33.3 Å². The largest absolute Gasteiger partial charge is 0.493 e. The maximum atomic E-state index is 11.6. The van der Waals surface area contributed by atoms with Crippen molar-refractivity contribution in [3.8, 4) is 17.2 Å². The molecule has 2 aromatic heterocycles. The van der Waals surface area contributed by atoms with Gasteiger partial charge in [-0.25, -0.2) is 15.0 Å². The fourth-order valence-electron chi connectivity index (χ4n) is 4.37. The molecule has 0 saturated carbocycles. The van der Waals surface area contributed by atoms with Crippen molar-refractivity contribution in [1.29, 1.82) is 0 Å². The molecule has 1 aliphatic heterocycles. The second-order valence-electron chi connectivity index (χ2n) is 8.69. The number of benzene rings is 1. The molecule has 1 unspecified atom stereocenters. The highest BCUT2D eigenvalue weighted by atomic mass is 16.6. The van der Waals surface area contributed by atoms with Gasteiger partial charge in [-0.2, -0.15) is 0 Å². The van der Waals surface area contributed by atoms with Crippen LogP contribution in [-0.4, -0.2) is 71.6 Å². The van der Waals surface area contributed by atoms with E-state index in [9.17, 15) is 9.59 Å². The van der Waals surface area contributed by atoms with Crippen molar-refractivity contribution in [3.05, 3.63) is 30.4 Å². The first-order chi connectivity index (χ1) is 18.2. The number of nitrogens with zero attached hydrogens (tertiary/aromatic N) is 4. The minimum Gasteiger partial charge on any atom is -0.493 e. The molecular formula is C25H31N5O8. The number of imidazole rings is 1. The van der Waals surface area contributed by atoms with E-state index in [2.05, 4.69) is 20.3 Å². The van der Waals surface area contributed by atoms with Gasteiger partial charge in [-0.05, 0) is 24.6 Å². The molecule has 204 valence electrons. The van der Waals surface area contributed by atoms with Crippen LogP contribution < -0.4 is 19.5 Å². The highest BCUT2D eigenvalue weighted by Crippen LogP contribution is 2.40. The predicted molar refractivity (Wildman–Crippen MR) is 134 cm³/mol. The number of anilines is 1. The van der Waals surface area contributed by atoms with E-state index in [-0.39, 0.29) is 12.6 Å². The summed E-state index contributed by atoms with van der Waals surface area (Å²) < 4.78 is 34.7. The van der Waals surface area contributed by atoms with E-state index in [0.29, 0.717) is 40.7 Å². The molecule has 13 nitrogen and oxygen atoms in total. The minimum absolute atomic E-state index is 0.0372. The molecule has 13 heteroatoms. The van der Waals surface area contributed by atoms with Gasteiger partial charge in [-0.1, -0.05) is 0 Å². The molecule has 4 atom stereocenters. The SMILES string of the molecule is COc1cc(C(C)Nc2ncnc3c2ncn3[C@H]2C[C@H](OC(C)=O)[C@@H](COC(C)=O)O2)cc(OC)c1OC. The molecule has 1 saturated heterocycles. The number of nitrogens with one attached hydrogen (secondary N) is 1. The van der Waals surface area contributed by atoms with Gasteiger partial charge in [0.05, 0.1) is 33.7 Å². The van der Waals surface area contributed by atoms with Gasteiger partial charge in [-0.15, -0.1) is 0 Å². The Kier molecular flexibility index (Phi) is 8.15. The van der Waals surface area contributed by atoms with Gasteiger partial charge in [0.15, 0.2) is 28.5 Å². The van der Waals surface area contributed by atoms with Gasteiger partial charge < -0.3 is 33.7 Å². The molecule has 1 fully saturated rings. The third kappa shape index (κ3) is 5.57. The molecule has 1 aromatic carbocycles. The van der Waals surface area contributed by atoms with Gasteiger partial charge in [0.1, 0.15) is 31.4 Å². The maximum Gasteiger partial charge on any atom is 0.303 e. The monoisotopic (exact) mass is 529 g/mol. The second kappa shape index (κ2) is 11.5. The number of esters is 2. The second-order valence-corrected chi connectivity index (χ2v) is 8.69. The normalized spacial score (nSPS) is 19.6. The number of carbonyl (C=O) groups excluding carboxylic acids is 2. The topological polar surface area (TPSA) is 145 Å². The highest BCUT2D eigenvalue weighted by Gasteiger charge is 2.40. The van der Waals surface area contributed by atoms with Crippen LogP contribution in [0.3, 0.4) is 0 Å². The molecule has 3 heterocycles. The van der Waals surface area contributed by atoms with Crippen LogP contribution in [0, 0.1) is 0 Å². The summed E-state index contributed by atoms with van der Waals surface area (Å²) in [6.45, 7) is 4.56. The van der Waals surface area contributed by atoms with Crippen molar-refractivity contribution in [2.24, 2.45) is 0 Å². The van der Waals surface area contributed by atoms with Gasteiger partial charge >= 0.3 is 11.9 Å². The first-order valence-electron chi connectivity index (χ1n) is 12.0. The zero-order valence-corrected chi connectivity index (χ0v) is 22.1. The summed E-state index contributed by atoms with van der Waals surface area (Å²) in [5.74, 6) is 1.20. The summed E-state index contributed by atoms with van der Waals surface area (Å²) >= 11 is 0. The number of aromatic nitrogens is 4. The van der Waals surface area contributed by atoms with Gasteiger partial charge in [0.25, 0.3) is 0 Å². The molecule has 0 amide bonds. The Balaban J connectivity index is 1.59. The molecule has 38 heavy (non-hydrogen) atoms. The van der Waals surface area contributed by atoms with E-state index >= 15 is 0 Å². The molecule has 0 radical (unpaired) electrons. The van der Waals surface area contributed by atoms with Crippen molar-refractivity contribution < 1.29 is 38.0 Å². The Morgan fingerprint density at radius 1 is 1.08 bits per heavy atom. The van der Waals surface area contributed by atoms with Crippen molar-refractivity contribution in [1.82, 2.24) is 19.5 Å². The third-order valence-electron chi connectivity index (χ3n) is 6.16. The summed E-state index contributed by atoms with van der Waals surface area (Å²) in [4.78, 5) is 36.2. The molecule has 4 rings (SSSR count). The lowest BCUT2D eigenvalue weighted by molar-refractivity contribution is -0.155. The van der Waals surface area contributed by atoms with Crippen LogP contribution in [0.5, 0.6) is 17.2 Å². The number of hydrogen-bond donors (Lipinski definition) is 1.